The molecule has 6 heteroatoms. The Morgan fingerprint density at radius 3 is 2.94 bits per heavy atom. The van der Waals surface area contributed by atoms with E-state index in [4.69, 9.17) is 5.11 Å². The maximum Gasteiger partial charge on any atom is 0.356 e. The van der Waals surface area contributed by atoms with Crippen LogP contribution >= 0.6 is 0 Å². The number of carboxylic acids is 1. The lowest BCUT2D eigenvalue weighted by atomic mass is 10.2. The van der Waals surface area contributed by atoms with Crippen LogP contribution in [-0.4, -0.2) is 30.4 Å². The summed E-state index contributed by atoms with van der Waals surface area (Å²) < 4.78 is 1.58. The lowest BCUT2D eigenvalue weighted by molar-refractivity contribution is 0.0691. The second-order valence-electron chi connectivity index (χ2n) is 3.68. The van der Waals surface area contributed by atoms with E-state index in [2.05, 4.69) is 15.0 Å². The molecule has 0 aliphatic heterocycles. The predicted molar refractivity (Wildman–Crippen MR) is 63.2 cm³/mol. The highest BCUT2D eigenvalue weighted by Crippen LogP contribution is 2.20. The zero-order valence-corrected chi connectivity index (χ0v) is 9.19. The summed E-state index contributed by atoms with van der Waals surface area (Å²) in [6.07, 6.45) is 6.23. The summed E-state index contributed by atoms with van der Waals surface area (Å²) in [5, 5.41) is 8.94. The van der Waals surface area contributed by atoms with Crippen LogP contribution < -0.4 is 0 Å². The molecule has 3 heterocycles. The number of fused-ring (bicyclic) bond motifs is 1. The number of nitrogens with zero attached hydrogens (tertiary/aromatic N) is 4. The molecule has 88 valence electrons. The highest BCUT2D eigenvalue weighted by molar-refractivity contribution is 5.87. The molecule has 3 aromatic heterocycles. The average molecular weight is 240 g/mol. The van der Waals surface area contributed by atoms with E-state index in [9.17, 15) is 4.79 Å². The minimum atomic E-state index is -1.06. The number of imidazole rings is 1. The fourth-order valence-electron chi connectivity index (χ4n) is 1.72. The Morgan fingerprint density at radius 2 is 2.22 bits per heavy atom. The van der Waals surface area contributed by atoms with Crippen molar-refractivity contribution < 1.29 is 9.90 Å². The van der Waals surface area contributed by atoms with Gasteiger partial charge in [-0.15, -0.1) is 0 Å². The third-order valence-corrected chi connectivity index (χ3v) is 2.53. The van der Waals surface area contributed by atoms with Crippen LogP contribution in [0.25, 0.3) is 16.9 Å². The van der Waals surface area contributed by atoms with Gasteiger partial charge in [-0.25, -0.2) is 14.8 Å². The van der Waals surface area contributed by atoms with Gasteiger partial charge in [-0.1, -0.05) is 6.07 Å². The minimum absolute atomic E-state index is 0.0137. The van der Waals surface area contributed by atoms with Crippen molar-refractivity contribution in [2.24, 2.45) is 0 Å². The zero-order chi connectivity index (χ0) is 12.5. The Morgan fingerprint density at radius 1 is 1.33 bits per heavy atom. The first kappa shape index (κ1) is 10.4. The molecule has 0 spiro atoms. The summed E-state index contributed by atoms with van der Waals surface area (Å²) >= 11 is 0. The van der Waals surface area contributed by atoms with Crippen LogP contribution in [0.15, 0.2) is 43.1 Å². The van der Waals surface area contributed by atoms with E-state index in [0.29, 0.717) is 16.9 Å². The largest absolute Gasteiger partial charge is 0.476 e. The van der Waals surface area contributed by atoms with Gasteiger partial charge in [0.1, 0.15) is 12.0 Å². The van der Waals surface area contributed by atoms with E-state index in [0.717, 1.165) is 0 Å². The van der Waals surface area contributed by atoms with Crippen LogP contribution in [0, 0.1) is 0 Å². The summed E-state index contributed by atoms with van der Waals surface area (Å²) in [5.41, 5.74) is 1.92. The summed E-state index contributed by atoms with van der Waals surface area (Å²) in [6, 6.07) is 5.49. The molecular formula is C12H8N4O2. The molecule has 0 fully saturated rings. The predicted octanol–water partition coefficient (Wildman–Crippen LogP) is 1.49. The Balaban J connectivity index is 2.27. The van der Waals surface area contributed by atoms with Gasteiger partial charge in [0.15, 0.2) is 5.69 Å². The van der Waals surface area contributed by atoms with E-state index in [1.165, 1.54) is 12.5 Å². The summed E-state index contributed by atoms with van der Waals surface area (Å²) in [5.74, 6) is -1.06. The summed E-state index contributed by atoms with van der Waals surface area (Å²) in [7, 11) is 0. The normalized spacial score (nSPS) is 10.7. The van der Waals surface area contributed by atoms with E-state index in [1.807, 2.05) is 18.2 Å². The van der Waals surface area contributed by atoms with Crippen molar-refractivity contribution in [1.29, 1.82) is 0 Å². The number of carboxylic acid groups (broad SMARTS) is 1. The Kier molecular flexibility index (Phi) is 2.26. The van der Waals surface area contributed by atoms with Crippen molar-refractivity contribution in [3.63, 3.8) is 0 Å². The van der Waals surface area contributed by atoms with Crippen molar-refractivity contribution in [2.45, 2.75) is 0 Å². The molecule has 0 saturated carbocycles. The molecule has 0 radical (unpaired) electrons. The number of hydrogen-bond acceptors (Lipinski definition) is 4. The number of aromatic carboxylic acids is 1. The molecule has 0 saturated heterocycles. The van der Waals surface area contributed by atoms with Crippen LogP contribution in [0.3, 0.4) is 0 Å². The van der Waals surface area contributed by atoms with Gasteiger partial charge in [-0.3, -0.25) is 9.38 Å². The molecule has 1 N–H and O–H groups in total. The highest BCUT2D eigenvalue weighted by atomic mass is 16.4. The van der Waals surface area contributed by atoms with Crippen LogP contribution in [0.4, 0.5) is 0 Å². The van der Waals surface area contributed by atoms with Crippen molar-refractivity contribution in [2.75, 3.05) is 0 Å². The van der Waals surface area contributed by atoms with Gasteiger partial charge in [-0.2, -0.15) is 0 Å². The van der Waals surface area contributed by atoms with E-state index in [1.54, 1.807) is 16.8 Å². The first-order valence-electron chi connectivity index (χ1n) is 5.23. The number of rotatable bonds is 2. The zero-order valence-electron chi connectivity index (χ0n) is 9.19. The maximum absolute atomic E-state index is 10.9. The highest BCUT2D eigenvalue weighted by Gasteiger charge is 2.13. The fourth-order valence-corrected chi connectivity index (χ4v) is 1.72. The number of aromatic nitrogens is 4. The standard InChI is InChI=1S/C12H8N4O2/c17-12(18)10-6-16-7-13-5-8(11(16)15-10)9-3-1-2-4-14-9/h1-7H,(H,17,18). The van der Waals surface area contributed by atoms with Gasteiger partial charge in [-0.05, 0) is 12.1 Å². The second-order valence-corrected chi connectivity index (χ2v) is 3.68. The van der Waals surface area contributed by atoms with Crippen LogP contribution in [0.2, 0.25) is 0 Å². The molecule has 3 rings (SSSR count). The van der Waals surface area contributed by atoms with Crippen molar-refractivity contribution in [1.82, 2.24) is 19.4 Å². The molecule has 0 amide bonds. The average Bonchev–Trinajstić information content (AvgIpc) is 2.83. The van der Waals surface area contributed by atoms with Gasteiger partial charge in [0, 0.05) is 18.6 Å². The van der Waals surface area contributed by atoms with Crippen LogP contribution in [0.5, 0.6) is 0 Å². The molecule has 3 aromatic rings. The molecule has 0 bridgehead atoms. The number of hydrogen-bond donors (Lipinski definition) is 1. The number of carbonyl (C=O) groups is 1. The third kappa shape index (κ3) is 1.60. The van der Waals surface area contributed by atoms with Crippen molar-refractivity contribution in [3.05, 3.63) is 48.8 Å². The third-order valence-electron chi connectivity index (χ3n) is 2.53. The van der Waals surface area contributed by atoms with E-state index < -0.39 is 5.97 Å². The SMILES string of the molecule is O=C(O)c1cn2cncc(-c3ccccn3)c2n1. The van der Waals surface area contributed by atoms with Crippen molar-refractivity contribution in [3.8, 4) is 11.3 Å². The molecule has 18 heavy (non-hydrogen) atoms. The van der Waals surface area contributed by atoms with Crippen LogP contribution in [0.1, 0.15) is 10.5 Å². The fraction of sp³-hybridized carbons (Fsp3) is 0. The molecule has 0 unspecified atom stereocenters. The summed E-state index contributed by atoms with van der Waals surface area (Å²) in [6.45, 7) is 0. The van der Waals surface area contributed by atoms with E-state index in [-0.39, 0.29) is 5.69 Å². The topological polar surface area (TPSA) is 80.4 Å². The molecule has 6 nitrogen and oxygen atoms in total. The summed E-state index contributed by atoms with van der Waals surface area (Å²) in [4.78, 5) is 23.2. The first-order valence-corrected chi connectivity index (χ1v) is 5.23. The molecule has 0 atom stereocenters. The Labute approximate surface area is 102 Å². The Bertz CT molecular complexity index is 721. The van der Waals surface area contributed by atoms with E-state index >= 15 is 0 Å². The molecule has 0 aliphatic rings. The van der Waals surface area contributed by atoms with Gasteiger partial charge in [0.2, 0.25) is 0 Å². The van der Waals surface area contributed by atoms with Gasteiger partial charge >= 0.3 is 5.97 Å². The van der Waals surface area contributed by atoms with Crippen molar-refractivity contribution >= 4 is 11.6 Å². The molecule has 0 aromatic carbocycles. The lowest BCUT2D eigenvalue weighted by Gasteiger charge is -2.01. The van der Waals surface area contributed by atoms with Gasteiger partial charge in [0.05, 0.1) is 11.3 Å². The monoisotopic (exact) mass is 240 g/mol. The molecule has 0 aliphatic carbocycles. The van der Waals surface area contributed by atoms with Gasteiger partial charge < -0.3 is 5.11 Å². The Hall–Kier alpha value is -2.76. The smallest absolute Gasteiger partial charge is 0.356 e. The number of pyridine rings is 1. The first-order chi connectivity index (χ1) is 8.75. The van der Waals surface area contributed by atoms with Gasteiger partial charge in [0.25, 0.3) is 0 Å². The maximum atomic E-state index is 10.9. The lowest BCUT2D eigenvalue weighted by Crippen LogP contribution is -1.95. The minimum Gasteiger partial charge on any atom is -0.476 e. The quantitative estimate of drug-likeness (QED) is 0.734. The second kappa shape index (κ2) is 3.92. The molecular weight excluding hydrogens is 232 g/mol. The van der Waals surface area contributed by atoms with Crippen LogP contribution in [-0.2, 0) is 0 Å².